The van der Waals surface area contributed by atoms with Crippen LogP contribution in [0.1, 0.15) is 12.0 Å². The zero-order chi connectivity index (χ0) is 10.5. The molecule has 0 radical (unpaired) electrons. The van der Waals surface area contributed by atoms with Gasteiger partial charge in [-0.25, -0.2) is 0 Å². The third-order valence-corrected chi connectivity index (χ3v) is 4.16. The fourth-order valence-corrected chi connectivity index (χ4v) is 3.34. The Balaban J connectivity index is 1.82. The van der Waals surface area contributed by atoms with Gasteiger partial charge in [-0.3, -0.25) is 9.19 Å². The summed E-state index contributed by atoms with van der Waals surface area (Å²) in [6, 6.07) is 3.87. The van der Waals surface area contributed by atoms with E-state index in [9.17, 15) is 4.21 Å². The molecule has 82 valence electrons. The number of aromatic nitrogens is 1. The zero-order valence-corrected chi connectivity index (χ0v) is 9.50. The van der Waals surface area contributed by atoms with E-state index >= 15 is 0 Å². The number of hydrogen-bond donors (Lipinski definition) is 1. The summed E-state index contributed by atoms with van der Waals surface area (Å²) in [5.41, 5.74) is 1.12. The Hall–Kier alpha value is -0.740. The molecular formula is C11H16N2OS. The summed E-state index contributed by atoms with van der Waals surface area (Å²) in [4.78, 5) is 3.95. The Morgan fingerprint density at radius 3 is 2.93 bits per heavy atom. The molecule has 0 aliphatic carbocycles. The first-order valence-corrected chi connectivity index (χ1v) is 6.78. The summed E-state index contributed by atoms with van der Waals surface area (Å²) in [6.45, 7) is 2.11. The number of hydrogen-bond acceptors (Lipinski definition) is 3. The average Bonchev–Trinajstić information content (AvgIpc) is 2.71. The molecule has 0 amide bonds. The first-order valence-electron chi connectivity index (χ1n) is 5.29. The maximum absolute atomic E-state index is 11.8. The molecule has 0 unspecified atom stereocenters. The Morgan fingerprint density at radius 1 is 1.47 bits per heavy atom. The van der Waals surface area contributed by atoms with Gasteiger partial charge in [-0.05, 0) is 43.1 Å². The standard InChI is InChI=1S/C11H16N2OS/c14-15(9-11-3-6-13-7-11)8-10-1-4-12-5-2-10/h1-2,4-5,11,13H,3,6-9H2/t11-,15+/m0/s1. The van der Waals surface area contributed by atoms with Crippen molar-refractivity contribution in [2.45, 2.75) is 12.2 Å². The van der Waals surface area contributed by atoms with Crippen molar-refractivity contribution >= 4 is 10.8 Å². The van der Waals surface area contributed by atoms with Crippen molar-refractivity contribution in [2.75, 3.05) is 18.8 Å². The molecule has 0 saturated carbocycles. The minimum atomic E-state index is -0.729. The van der Waals surface area contributed by atoms with Crippen LogP contribution in [0.2, 0.25) is 0 Å². The molecule has 0 spiro atoms. The minimum absolute atomic E-state index is 0.604. The number of nitrogens with one attached hydrogen (secondary N) is 1. The summed E-state index contributed by atoms with van der Waals surface area (Å²) in [7, 11) is -0.729. The highest BCUT2D eigenvalue weighted by Crippen LogP contribution is 2.11. The molecule has 1 saturated heterocycles. The molecule has 3 nitrogen and oxygen atoms in total. The highest BCUT2D eigenvalue weighted by molar-refractivity contribution is 7.84. The summed E-state index contributed by atoms with van der Waals surface area (Å²) in [5.74, 6) is 2.10. The van der Waals surface area contributed by atoms with E-state index in [1.807, 2.05) is 12.1 Å². The zero-order valence-electron chi connectivity index (χ0n) is 8.69. The third-order valence-electron chi connectivity index (χ3n) is 2.66. The van der Waals surface area contributed by atoms with Crippen LogP contribution in [-0.4, -0.2) is 28.0 Å². The fourth-order valence-electron chi connectivity index (χ4n) is 1.84. The molecule has 1 N–H and O–H groups in total. The van der Waals surface area contributed by atoms with Gasteiger partial charge < -0.3 is 5.32 Å². The van der Waals surface area contributed by atoms with Crippen LogP contribution in [0, 0.1) is 5.92 Å². The van der Waals surface area contributed by atoms with Crippen LogP contribution < -0.4 is 5.32 Å². The van der Waals surface area contributed by atoms with E-state index in [2.05, 4.69) is 10.3 Å². The SMILES string of the molecule is O=[S@](Cc1ccncc1)C[C@H]1CCNC1. The van der Waals surface area contributed by atoms with Crippen LogP contribution in [0.5, 0.6) is 0 Å². The predicted molar refractivity (Wildman–Crippen MR) is 61.9 cm³/mol. The van der Waals surface area contributed by atoms with E-state index in [1.54, 1.807) is 12.4 Å². The Kier molecular flexibility index (Phi) is 3.86. The molecule has 0 aromatic carbocycles. The maximum Gasteiger partial charge on any atom is 0.0486 e. The highest BCUT2D eigenvalue weighted by atomic mass is 32.2. The van der Waals surface area contributed by atoms with Gasteiger partial charge in [0.25, 0.3) is 0 Å². The predicted octanol–water partition coefficient (Wildman–Crippen LogP) is 0.940. The monoisotopic (exact) mass is 224 g/mol. The second-order valence-electron chi connectivity index (χ2n) is 3.97. The van der Waals surface area contributed by atoms with Gasteiger partial charge in [-0.2, -0.15) is 0 Å². The van der Waals surface area contributed by atoms with Crippen molar-refractivity contribution in [3.05, 3.63) is 30.1 Å². The molecule has 1 aromatic heterocycles. The van der Waals surface area contributed by atoms with E-state index in [4.69, 9.17) is 0 Å². The third kappa shape index (κ3) is 3.39. The van der Waals surface area contributed by atoms with Crippen LogP contribution in [-0.2, 0) is 16.6 Å². The van der Waals surface area contributed by atoms with Crippen LogP contribution >= 0.6 is 0 Å². The van der Waals surface area contributed by atoms with Crippen LogP contribution in [0.3, 0.4) is 0 Å². The van der Waals surface area contributed by atoms with Gasteiger partial charge >= 0.3 is 0 Å². The lowest BCUT2D eigenvalue weighted by Gasteiger charge is -2.07. The molecule has 1 aliphatic heterocycles. The molecule has 0 bridgehead atoms. The lowest BCUT2D eigenvalue weighted by atomic mass is 10.2. The summed E-state index contributed by atoms with van der Waals surface area (Å²) < 4.78 is 11.8. The van der Waals surface area contributed by atoms with Crippen LogP contribution in [0.25, 0.3) is 0 Å². The van der Waals surface area contributed by atoms with Gasteiger partial charge in [-0.1, -0.05) is 0 Å². The smallest absolute Gasteiger partial charge is 0.0486 e. The van der Waals surface area contributed by atoms with E-state index in [1.165, 1.54) is 6.42 Å². The van der Waals surface area contributed by atoms with Crippen molar-refractivity contribution in [3.8, 4) is 0 Å². The normalized spacial score (nSPS) is 22.8. The highest BCUT2D eigenvalue weighted by Gasteiger charge is 2.17. The summed E-state index contributed by atoms with van der Waals surface area (Å²) in [6.07, 6.45) is 4.68. The van der Waals surface area contributed by atoms with E-state index in [-0.39, 0.29) is 0 Å². The van der Waals surface area contributed by atoms with Crippen LogP contribution in [0.15, 0.2) is 24.5 Å². The lowest BCUT2D eigenvalue weighted by molar-refractivity contribution is 0.632. The summed E-state index contributed by atoms with van der Waals surface area (Å²) >= 11 is 0. The van der Waals surface area contributed by atoms with Crippen molar-refractivity contribution < 1.29 is 4.21 Å². The molecular weight excluding hydrogens is 208 g/mol. The molecule has 15 heavy (non-hydrogen) atoms. The quantitative estimate of drug-likeness (QED) is 0.827. The number of nitrogens with zero attached hydrogens (tertiary/aromatic N) is 1. The lowest BCUT2D eigenvalue weighted by Crippen LogP contribution is -2.15. The number of rotatable bonds is 4. The average molecular weight is 224 g/mol. The van der Waals surface area contributed by atoms with Gasteiger partial charge in [0.05, 0.1) is 0 Å². The minimum Gasteiger partial charge on any atom is -0.316 e. The van der Waals surface area contributed by atoms with Gasteiger partial charge in [0.15, 0.2) is 0 Å². The van der Waals surface area contributed by atoms with E-state index in [0.29, 0.717) is 11.7 Å². The van der Waals surface area contributed by atoms with Crippen molar-refractivity contribution in [3.63, 3.8) is 0 Å². The van der Waals surface area contributed by atoms with E-state index < -0.39 is 10.8 Å². The van der Waals surface area contributed by atoms with Gasteiger partial charge in [0.1, 0.15) is 0 Å². The second-order valence-corrected chi connectivity index (χ2v) is 5.47. The van der Waals surface area contributed by atoms with Crippen LogP contribution in [0.4, 0.5) is 0 Å². The molecule has 1 aromatic rings. The Morgan fingerprint density at radius 2 is 2.27 bits per heavy atom. The van der Waals surface area contributed by atoms with Gasteiger partial charge in [-0.15, -0.1) is 0 Å². The molecule has 1 fully saturated rings. The van der Waals surface area contributed by atoms with E-state index in [0.717, 1.165) is 24.4 Å². The molecule has 2 atom stereocenters. The van der Waals surface area contributed by atoms with Crippen molar-refractivity contribution in [1.29, 1.82) is 0 Å². The maximum atomic E-state index is 11.8. The largest absolute Gasteiger partial charge is 0.316 e. The molecule has 1 aliphatic rings. The topological polar surface area (TPSA) is 42.0 Å². The molecule has 4 heteroatoms. The first kappa shape index (κ1) is 10.8. The molecule has 2 heterocycles. The second kappa shape index (κ2) is 5.37. The van der Waals surface area contributed by atoms with Gasteiger partial charge in [0, 0.05) is 34.7 Å². The Bertz CT molecular complexity index is 323. The van der Waals surface area contributed by atoms with Crippen molar-refractivity contribution in [1.82, 2.24) is 10.3 Å². The van der Waals surface area contributed by atoms with Crippen molar-refractivity contribution in [2.24, 2.45) is 5.92 Å². The molecule has 2 rings (SSSR count). The van der Waals surface area contributed by atoms with Gasteiger partial charge in [0.2, 0.25) is 0 Å². The fraction of sp³-hybridized carbons (Fsp3) is 0.545. The Labute approximate surface area is 92.8 Å². The number of pyridine rings is 1. The summed E-state index contributed by atoms with van der Waals surface area (Å²) in [5, 5.41) is 3.30. The first-order chi connectivity index (χ1) is 7.34.